The minimum Gasteiger partial charge on any atom is -0.310 e. The molecule has 0 N–H and O–H groups in total. The molecule has 1 heterocycles. The highest BCUT2D eigenvalue weighted by atomic mass is 15.1. The van der Waals surface area contributed by atoms with Crippen LogP contribution in [0.1, 0.15) is 0 Å². The van der Waals surface area contributed by atoms with E-state index >= 15 is 0 Å². The molecule has 244 valence electrons. The van der Waals surface area contributed by atoms with Gasteiger partial charge in [0.25, 0.3) is 0 Å². The minimum absolute atomic E-state index is 1.11. The third-order valence-corrected chi connectivity index (χ3v) is 10.3. The van der Waals surface area contributed by atoms with Gasteiger partial charge >= 0.3 is 0 Å². The normalized spacial score (nSPS) is 11.5. The summed E-state index contributed by atoms with van der Waals surface area (Å²) in [6.07, 6.45) is 0. The van der Waals surface area contributed by atoms with Crippen LogP contribution in [0.5, 0.6) is 0 Å². The Labute approximate surface area is 303 Å². The molecule has 0 atom stereocenters. The van der Waals surface area contributed by atoms with Gasteiger partial charge in [0.2, 0.25) is 0 Å². The summed E-state index contributed by atoms with van der Waals surface area (Å²) < 4.78 is 2.43. The van der Waals surface area contributed by atoms with Gasteiger partial charge in [-0.3, -0.25) is 0 Å². The fraction of sp³-hybridized carbons (Fsp3) is 0. The monoisotopic (exact) mass is 662 g/mol. The lowest BCUT2D eigenvalue weighted by molar-refractivity contribution is 1.19. The molecule has 10 rings (SSSR count). The van der Waals surface area contributed by atoms with Crippen molar-refractivity contribution in [3.8, 4) is 27.9 Å². The number of anilines is 3. The third kappa shape index (κ3) is 5.12. The summed E-state index contributed by atoms with van der Waals surface area (Å²) >= 11 is 0. The van der Waals surface area contributed by atoms with Crippen LogP contribution in [0, 0.1) is 0 Å². The molecule has 2 nitrogen and oxygen atoms in total. The molecule has 0 fully saturated rings. The molecule has 0 saturated carbocycles. The second kappa shape index (κ2) is 12.5. The van der Waals surface area contributed by atoms with E-state index in [1.54, 1.807) is 0 Å². The molecular weight excluding hydrogens is 629 g/mol. The van der Waals surface area contributed by atoms with Gasteiger partial charge in [-0.15, -0.1) is 0 Å². The summed E-state index contributed by atoms with van der Waals surface area (Å²) in [5.74, 6) is 0. The van der Waals surface area contributed by atoms with Crippen LogP contribution in [0.25, 0.3) is 71.3 Å². The average Bonchev–Trinajstić information content (AvgIpc) is 3.56. The first-order valence-corrected chi connectivity index (χ1v) is 17.8. The first kappa shape index (κ1) is 30.0. The van der Waals surface area contributed by atoms with Crippen molar-refractivity contribution >= 4 is 60.4 Å². The lowest BCUT2D eigenvalue weighted by atomic mass is 10.0. The van der Waals surface area contributed by atoms with Gasteiger partial charge in [0.1, 0.15) is 0 Å². The van der Waals surface area contributed by atoms with Crippen LogP contribution in [0.3, 0.4) is 0 Å². The summed E-state index contributed by atoms with van der Waals surface area (Å²) in [5, 5.41) is 7.45. The van der Waals surface area contributed by atoms with E-state index in [1.165, 1.54) is 65.6 Å². The van der Waals surface area contributed by atoms with Gasteiger partial charge in [0, 0.05) is 38.9 Å². The van der Waals surface area contributed by atoms with Crippen molar-refractivity contribution in [3.63, 3.8) is 0 Å². The summed E-state index contributed by atoms with van der Waals surface area (Å²) in [6, 6.07) is 74.6. The molecule has 0 saturated heterocycles. The second-order valence-electron chi connectivity index (χ2n) is 13.4. The topological polar surface area (TPSA) is 8.17 Å². The Balaban J connectivity index is 1.09. The smallest absolute Gasteiger partial charge is 0.0619 e. The maximum absolute atomic E-state index is 2.43. The van der Waals surface area contributed by atoms with Gasteiger partial charge in [0.05, 0.1) is 11.0 Å². The van der Waals surface area contributed by atoms with E-state index in [9.17, 15) is 0 Å². The Kier molecular flexibility index (Phi) is 7.18. The molecule has 1 aromatic heterocycles. The van der Waals surface area contributed by atoms with Gasteiger partial charge in [-0.05, 0) is 99.1 Å². The molecule has 0 amide bonds. The molecule has 0 bridgehead atoms. The van der Waals surface area contributed by atoms with E-state index in [0.717, 1.165) is 22.7 Å². The van der Waals surface area contributed by atoms with Crippen molar-refractivity contribution < 1.29 is 0 Å². The number of benzene rings is 9. The number of rotatable bonds is 6. The van der Waals surface area contributed by atoms with E-state index < -0.39 is 0 Å². The molecule has 0 aliphatic carbocycles. The maximum atomic E-state index is 2.43. The molecule has 0 aliphatic rings. The van der Waals surface area contributed by atoms with Crippen LogP contribution < -0.4 is 4.90 Å². The van der Waals surface area contributed by atoms with Gasteiger partial charge in [-0.1, -0.05) is 146 Å². The van der Waals surface area contributed by atoms with Gasteiger partial charge in [0.15, 0.2) is 0 Å². The Hall–Kier alpha value is -6.90. The molecule has 0 spiro atoms. The van der Waals surface area contributed by atoms with Crippen molar-refractivity contribution in [1.29, 1.82) is 0 Å². The van der Waals surface area contributed by atoms with E-state index in [-0.39, 0.29) is 0 Å². The van der Waals surface area contributed by atoms with Crippen molar-refractivity contribution in [3.05, 3.63) is 206 Å². The van der Waals surface area contributed by atoms with Crippen LogP contribution in [-0.4, -0.2) is 4.57 Å². The standard InChI is InChI=1S/C50H34N2/c1-3-11-35(12-4-1)37-21-28-44(29-22-37)52-49-18-10-9-17-47(49)48-31-25-41-34-45(30-32-46(41)50(48)52)51(42-15-5-2-6-16-42)43-26-23-38(24-27-43)40-20-19-36-13-7-8-14-39(36)33-40/h1-34H. The number of fused-ring (bicyclic) bond motifs is 6. The van der Waals surface area contributed by atoms with Crippen molar-refractivity contribution in [2.45, 2.75) is 0 Å². The Morgan fingerprint density at radius 3 is 1.67 bits per heavy atom. The first-order chi connectivity index (χ1) is 25.8. The van der Waals surface area contributed by atoms with Crippen molar-refractivity contribution in [1.82, 2.24) is 4.57 Å². The second-order valence-corrected chi connectivity index (χ2v) is 13.4. The Morgan fingerprint density at radius 2 is 0.865 bits per heavy atom. The molecule has 0 radical (unpaired) electrons. The lowest BCUT2D eigenvalue weighted by Crippen LogP contribution is -2.09. The summed E-state index contributed by atoms with van der Waals surface area (Å²) in [6.45, 7) is 0. The summed E-state index contributed by atoms with van der Waals surface area (Å²) in [7, 11) is 0. The zero-order valence-electron chi connectivity index (χ0n) is 28.5. The van der Waals surface area contributed by atoms with Gasteiger partial charge in [-0.2, -0.15) is 0 Å². The Bertz CT molecular complexity index is 2870. The van der Waals surface area contributed by atoms with E-state index in [2.05, 4.69) is 216 Å². The quantitative estimate of drug-likeness (QED) is 0.172. The molecule has 0 unspecified atom stereocenters. The maximum Gasteiger partial charge on any atom is 0.0619 e. The van der Waals surface area contributed by atoms with Crippen LogP contribution in [0.15, 0.2) is 206 Å². The fourth-order valence-corrected chi connectivity index (χ4v) is 7.81. The number of aromatic nitrogens is 1. The van der Waals surface area contributed by atoms with E-state index in [0.29, 0.717) is 0 Å². The average molecular weight is 663 g/mol. The number of para-hydroxylation sites is 2. The Morgan fingerprint density at radius 1 is 0.308 bits per heavy atom. The van der Waals surface area contributed by atoms with Crippen molar-refractivity contribution in [2.24, 2.45) is 0 Å². The highest BCUT2D eigenvalue weighted by Crippen LogP contribution is 2.41. The molecule has 10 aromatic rings. The van der Waals surface area contributed by atoms with Crippen molar-refractivity contribution in [2.75, 3.05) is 4.90 Å². The van der Waals surface area contributed by atoms with Crippen LogP contribution in [-0.2, 0) is 0 Å². The zero-order chi connectivity index (χ0) is 34.4. The fourth-order valence-electron chi connectivity index (χ4n) is 7.81. The first-order valence-electron chi connectivity index (χ1n) is 17.8. The van der Waals surface area contributed by atoms with E-state index in [1.807, 2.05) is 0 Å². The van der Waals surface area contributed by atoms with Crippen LogP contribution >= 0.6 is 0 Å². The number of hydrogen-bond donors (Lipinski definition) is 0. The van der Waals surface area contributed by atoms with E-state index in [4.69, 9.17) is 0 Å². The molecule has 2 heteroatoms. The molecular formula is C50H34N2. The summed E-state index contributed by atoms with van der Waals surface area (Å²) in [4.78, 5) is 2.35. The minimum atomic E-state index is 1.11. The molecule has 0 aliphatic heterocycles. The van der Waals surface area contributed by atoms with Crippen LogP contribution in [0.4, 0.5) is 17.1 Å². The molecule has 52 heavy (non-hydrogen) atoms. The SMILES string of the molecule is c1ccc(-c2ccc(-n3c4ccccc4c4ccc5cc(N(c6ccccc6)c6ccc(-c7ccc8ccccc8c7)cc6)ccc5c43)cc2)cc1. The number of hydrogen-bond acceptors (Lipinski definition) is 1. The lowest BCUT2D eigenvalue weighted by Gasteiger charge is -2.26. The van der Waals surface area contributed by atoms with Crippen LogP contribution in [0.2, 0.25) is 0 Å². The highest BCUT2D eigenvalue weighted by Gasteiger charge is 2.18. The number of nitrogens with zero attached hydrogens (tertiary/aromatic N) is 2. The summed E-state index contributed by atoms with van der Waals surface area (Å²) in [5.41, 5.74) is 11.8. The van der Waals surface area contributed by atoms with Gasteiger partial charge in [-0.25, -0.2) is 0 Å². The predicted octanol–water partition coefficient (Wildman–Crippen LogP) is 13.9. The van der Waals surface area contributed by atoms with Gasteiger partial charge < -0.3 is 9.47 Å². The third-order valence-electron chi connectivity index (χ3n) is 10.3. The zero-order valence-corrected chi connectivity index (χ0v) is 28.5. The largest absolute Gasteiger partial charge is 0.310 e. The predicted molar refractivity (Wildman–Crippen MR) is 221 cm³/mol. The molecule has 9 aromatic carbocycles. The highest BCUT2D eigenvalue weighted by molar-refractivity contribution is 6.19.